The summed E-state index contributed by atoms with van der Waals surface area (Å²) in [5, 5.41) is 35.9. The van der Waals surface area contributed by atoms with Gasteiger partial charge in [-0.3, -0.25) is 0 Å². The molecule has 1 unspecified atom stereocenters. The normalized spacial score (nSPS) is 14.7. The van der Waals surface area contributed by atoms with E-state index >= 15 is 0 Å². The first-order chi connectivity index (χ1) is 6.50. The average molecular weight is 198 g/mol. The predicted molar refractivity (Wildman–Crippen MR) is 46.7 cm³/mol. The van der Waals surface area contributed by atoms with E-state index in [-0.39, 0.29) is 11.3 Å². The molecule has 0 amide bonds. The third-order valence-electron chi connectivity index (χ3n) is 1.93. The fourth-order valence-electron chi connectivity index (χ4n) is 1.02. The van der Waals surface area contributed by atoms with Crippen molar-refractivity contribution < 1.29 is 25.2 Å². The van der Waals surface area contributed by atoms with E-state index < -0.39 is 18.2 Å². The van der Waals surface area contributed by atoms with Gasteiger partial charge in [-0.05, 0) is 17.7 Å². The molecule has 5 heteroatoms. The zero-order chi connectivity index (χ0) is 10.8. The SMILES string of the molecule is O=C(O)C(O)(CO)c1ccc(O)cc1. The average Bonchev–Trinajstić information content (AvgIpc) is 2.17. The Morgan fingerprint density at radius 1 is 1.29 bits per heavy atom. The van der Waals surface area contributed by atoms with Gasteiger partial charge >= 0.3 is 5.97 Å². The Bertz CT molecular complexity index is 332. The summed E-state index contributed by atoms with van der Waals surface area (Å²) in [6.07, 6.45) is 0. The highest BCUT2D eigenvalue weighted by molar-refractivity contribution is 5.79. The number of carboxylic acids is 1. The first-order valence-electron chi connectivity index (χ1n) is 3.87. The highest BCUT2D eigenvalue weighted by Gasteiger charge is 2.37. The number of aliphatic hydroxyl groups is 2. The maximum absolute atomic E-state index is 10.7. The molecule has 76 valence electrons. The molecule has 0 aliphatic heterocycles. The maximum Gasteiger partial charge on any atom is 0.342 e. The van der Waals surface area contributed by atoms with Gasteiger partial charge in [0, 0.05) is 0 Å². The molecule has 14 heavy (non-hydrogen) atoms. The second-order valence-corrected chi connectivity index (χ2v) is 2.87. The van der Waals surface area contributed by atoms with E-state index in [4.69, 9.17) is 15.3 Å². The van der Waals surface area contributed by atoms with Crippen LogP contribution in [-0.4, -0.2) is 33.0 Å². The van der Waals surface area contributed by atoms with Crippen LogP contribution in [0.1, 0.15) is 5.56 Å². The molecular formula is C9H10O5. The number of carbonyl (C=O) groups is 1. The van der Waals surface area contributed by atoms with Crippen LogP contribution in [0.15, 0.2) is 24.3 Å². The molecule has 1 atom stereocenters. The monoisotopic (exact) mass is 198 g/mol. The Hall–Kier alpha value is -1.59. The number of hydrogen-bond acceptors (Lipinski definition) is 4. The van der Waals surface area contributed by atoms with Crippen molar-refractivity contribution in [1.82, 2.24) is 0 Å². The molecule has 0 heterocycles. The summed E-state index contributed by atoms with van der Waals surface area (Å²) in [7, 11) is 0. The second-order valence-electron chi connectivity index (χ2n) is 2.87. The summed E-state index contributed by atoms with van der Waals surface area (Å²) < 4.78 is 0. The predicted octanol–water partition coefficient (Wildman–Crippen LogP) is -0.343. The number of aliphatic hydroxyl groups excluding tert-OH is 1. The molecule has 0 saturated carbocycles. The molecule has 4 N–H and O–H groups in total. The van der Waals surface area contributed by atoms with Crippen LogP contribution in [0.3, 0.4) is 0 Å². The fourth-order valence-corrected chi connectivity index (χ4v) is 1.02. The minimum atomic E-state index is -2.31. The topological polar surface area (TPSA) is 98.0 Å². The smallest absolute Gasteiger partial charge is 0.342 e. The van der Waals surface area contributed by atoms with Gasteiger partial charge in [-0.15, -0.1) is 0 Å². The summed E-state index contributed by atoms with van der Waals surface area (Å²) in [6.45, 7) is -0.924. The Balaban J connectivity index is 3.13. The fraction of sp³-hybridized carbons (Fsp3) is 0.222. The minimum Gasteiger partial charge on any atom is -0.508 e. The van der Waals surface area contributed by atoms with E-state index in [0.29, 0.717) is 0 Å². The maximum atomic E-state index is 10.7. The highest BCUT2D eigenvalue weighted by Crippen LogP contribution is 2.22. The lowest BCUT2D eigenvalue weighted by Gasteiger charge is -2.20. The molecule has 0 aliphatic rings. The van der Waals surface area contributed by atoms with Gasteiger partial charge in [0.15, 0.2) is 0 Å². The standard InChI is InChI=1S/C9H10O5/c10-5-9(14,8(12)13)6-1-3-7(11)4-2-6/h1-4,10-11,14H,5H2,(H,12,13). The van der Waals surface area contributed by atoms with Gasteiger partial charge in [0.1, 0.15) is 5.75 Å². The largest absolute Gasteiger partial charge is 0.508 e. The van der Waals surface area contributed by atoms with Gasteiger partial charge in [0.2, 0.25) is 5.60 Å². The first kappa shape index (κ1) is 10.5. The van der Waals surface area contributed by atoms with E-state index in [0.717, 1.165) is 0 Å². The van der Waals surface area contributed by atoms with Crippen molar-refractivity contribution in [3.8, 4) is 5.75 Å². The molecule has 1 aromatic carbocycles. The zero-order valence-corrected chi connectivity index (χ0v) is 7.21. The van der Waals surface area contributed by atoms with Crippen LogP contribution in [0.2, 0.25) is 0 Å². The van der Waals surface area contributed by atoms with Crippen LogP contribution in [0.4, 0.5) is 0 Å². The van der Waals surface area contributed by atoms with Crippen molar-refractivity contribution in [2.24, 2.45) is 0 Å². The third kappa shape index (κ3) is 1.68. The van der Waals surface area contributed by atoms with Crippen molar-refractivity contribution in [1.29, 1.82) is 0 Å². The molecule has 0 saturated heterocycles. The van der Waals surface area contributed by atoms with Gasteiger partial charge in [-0.2, -0.15) is 0 Å². The lowest BCUT2D eigenvalue weighted by Crippen LogP contribution is -2.39. The van der Waals surface area contributed by atoms with Crippen molar-refractivity contribution in [3.05, 3.63) is 29.8 Å². The highest BCUT2D eigenvalue weighted by atomic mass is 16.4. The van der Waals surface area contributed by atoms with Crippen LogP contribution in [0.25, 0.3) is 0 Å². The lowest BCUT2D eigenvalue weighted by molar-refractivity contribution is -0.164. The number of carboxylic acid groups (broad SMARTS) is 1. The number of phenolic OH excluding ortho intramolecular Hbond substituents is 1. The summed E-state index contributed by atoms with van der Waals surface area (Å²) in [4.78, 5) is 10.7. The summed E-state index contributed by atoms with van der Waals surface area (Å²) in [5.74, 6) is -1.58. The van der Waals surface area contributed by atoms with Crippen LogP contribution < -0.4 is 0 Å². The molecular weight excluding hydrogens is 188 g/mol. The summed E-state index contributed by atoms with van der Waals surface area (Å²) in [6, 6.07) is 4.94. The number of hydrogen-bond donors (Lipinski definition) is 4. The van der Waals surface area contributed by atoms with Crippen molar-refractivity contribution in [2.45, 2.75) is 5.60 Å². The molecule has 1 rings (SSSR count). The van der Waals surface area contributed by atoms with E-state index in [2.05, 4.69) is 0 Å². The molecule has 0 radical (unpaired) electrons. The third-order valence-corrected chi connectivity index (χ3v) is 1.93. The van der Waals surface area contributed by atoms with E-state index in [1.807, 2.05) is 0 Å². The Morgan fingerprint density at radius 2 is 1.79 bits per heavy atom. The lowest BCUT2D eigenvalue weighted by atomic mass is 9.95. The second kappa shape index (κ2) is 3.65. The Morgan fingerprint density at radius 3 is 2.14 bits per heavy atom. The molecule has 1 aromatic rings. The van der Waals surface area contributed by atoms with E-state index in [9.17, 15) is 9.90 Å². The number of rotatable bonds is 3. The molecule has 0 spiro atoms. The van der Waals surface area contributed by atoms with Gasteiger partial charge in [0.05, 0.1) is 6.61 Å². The van der Waals surface area contributed by atoms with Crippen LogP contribution in [-0.2, 0) is 10.4 Å². The number of phenols is 1. The van der Waals surface area contributed by atoms with Gasteiger partial charge in [0.25, 0.3) is 0 Å². The number of aromatic hydroxyl groups is 1. The molecule has 0 aromatic heterocycles. The van der Waals surface area contributed by atoms with Crippen molar-refractivity contribution in [3.63, 3.8) is 0 Å². The quantitative estimate of drug-likeness (QED) is 0.532. The molecule has 5 nitrogen and oxygen atoms in total. The van der Waals surface area contributed by atoms with E-state index in [1.165, 1.54) is 24.3 Å². The van der Waals surface area contributed by atoms with Crippen LogP contribution >= 0.6 is 0 Å². The van der Waals surface area contributed by atoms with Crippen molar-refractivity contribution >= 4 is 5.97 Å². The van der Waals surface area contributed by atoms with Crippen LogP contribution in [0.5, 0.6) is 5.75 Å². The molecule has 0 bridgehead atoms. The van der Waals surface area contributed by atoms with Gasteiger partial charge < -0.3 is 20.4 Å². The molecule has 0 aliphatic carbocycles. The van der Waals surface area contributed by atoms with Gasteiger partial charge in [-0.25, -0.2) is 4.79 Å². The first-order valence-corrected chi connectivity index (χ1v) is 3.87. The van der Waals surface area contributed by atoms with Gasteiger partial charge in [-0.1, -0.05) is 12.1 Å². The van der Waals surface area contributed by atoms with Crippen LogP contribution in [0, 0.1) is 0 Å². The zero-order valence-electron chi connectivity index (χ0n) is 7.21. The summed E-state index contributed by atoms with van der Waals surface area (Å²) in [5.41, 5.74) is -2.29. The summed E-state index contributed by atoms with van der Waals surface area (Å²) >= 11 is 0. The number of aliphatic carboxylic acids is 1. The minimum absolute atomic E-state index is 0.0188. The Kier molecular flexibility index (Phi) is 2.73. The van der Waals surface area contributed by atoms with Crippen molar-refractivity contribution in [2.75, 3.05) is 6.61 Å². The van der Waals surface area contributed by atoms with E-state index in [1.54, 1.807) is 0 Å². The molecule has 0 fully saturated rings. The number of benzene rings is 1. The Labute approximate surface area is 79.9 Å².